The molecule has 0 saturated heterocycles. The van der Waals surface area contributed by atoms with Gasteiger partial charge in [-0.15, -0.1) is 0 Å². The smallest absolute Gasteiger partial charge is 0.558 e. The third-order valence-corrected chi connectivity index (χ3v) is 2.99. The van der Waals surface area contributed by atoms with Crippen molar-refractivity contribution in [3.05, 3.63) is 21.7 Å². The summed E-state index contributed by atoms with van der Waals surface area (Å²) < 4.78 is 10.3. The molecule has 1 aromatic carbocycles. The SMILES string of the molecule is COc1c(Cl)cc(Cl)c(OC)c1C(=O)CC[PH-].[Li+]. The number of hydrogen-bond acceptors (Lipinski definition) is 3. The molecule has 0 atom stereocenters. The molecular formula is C11H12Cl2LiO3P. The first-order valence-corrected chi connectivity index (χ1v) is 6.30. The molecule has 0 aliphatic carbocycles. The summed E-state index contributed by atoms with van der Waals surface area (Å²) in [6.45, 7) is 0. The standard InChI is InChI=1S/C11H12Cl2O3P.Li/c1-15-10-6(12)5-7(13)11(16-2)9(10)8(14)3-4-17;/h5,17H,3-4H2,1-2H3;/q-1;+1. The quantitative estimate of drug-likeness (QED) is 0.457. The van der Waals surface area contributed by atoms with E-state index in [0.29, 0.717) is 12.6 Å². The van der Waals surface area contributed by atoms with Gasteiger partial charge in [-0.2, -0.15) is 6.16 Å². The van der Waals surface area contributed by atoms with Crippen molar-refractivity contribution in [2.45, 2.75) is 6.42 Å². The molecule has 0 amide bonds. The summed E-state index contributed by atoms with van der Waals surface area (Å²) in [7, 11) is 6.14. The molecule has 1 rings (SSSR count). The van der Waals surface area contributed by atoms with E-state index in [0.717, 1.165) is 0 Å². The van der Waals surface area contributed by atoms with Gasteiger partial charge in [0.25, 0.3) is 0 Å². The van der Waals surface area contributed by atoms with Crippen LogP contribution in [0.2, 0.25) is 10.0 Å². The van der Waals surface area contributed by atoms with Crippen molar-refractivity contribution in [2.24, 2.45) is 0 Å². The Bertz CT molecular complexity index is 413. The van der Waals surface area contributed by atoms with Crippen LogP contribution in [0.5, 0.6) is 11.5 Å². The Morgan fingerprint density at radius 2 is 1.67 bits per heavy atom. The molecule has 0 aliphatic heterocycles. The zero-order chi connectivity index (χ0) is 13.0. The average Bonchev–Trinajstić information content (AvgIpc) is 2.28. The van der Waals surface area contributed by atoms with Crippen LogP contribution in [0.3, 0.4) is 0 Å². The van der Waals surface area contributed by atoms with Gasteiger partial charge in [-0.3, -0.25) is 4.79 Å². The second kappa shape index (κ2) is 8.30. The van der Waals surface area contributed by atoms with E-state index < -0.39 is 0 Å². The number of carbonyl (C=O) groups is 1. The molecule has 0 fully saturated rings. The van der Waals surface area contributed by atoms with E-state index in [9.17, 15) is 4.79 Å². The van der Waals surface area contributed by atoms with E-state index in [-0.39, 0.29) is 51.8 Å². The van der Waals surface area contributed by atoms with Crippen LogP contribution < -0.4 is 28.3 Å². The zero-order valence-corrected chi connectivity index (χ0v) is 13.0. The van der Waals surface area contributed by atoms with Crippen LogP contribution >= 0.6 is 32.4 Å². The number of carbonyl (C=O) groups excluding carboxylic acids is 1. The van der Waals surface area contributed by atoms with E-state index in [4.69, 9.17) is 32.7 Å². The van der Waals surface area contributed by atoms with Gasteiger partial charge >= 0.3 is 18.9 Å². The Morgan fingerprint density at radius 1 is 1.22 bits per heavy atom. The maximum Gasteiger partial charge on any atom is 1.00 e. The van der Waals surface area contributed by atoms with Gasteiger partial charge in [0.15, 0.2) is 17.3 Å². The van der Waals surface area contributed by atoms with Gasteiger partial charge in [-0.1, -0.05) is 23.2 Å². The molecule has 0 N–H and O–H groups in total. The number of hydrogen-bond donors (Lipinski definition) is 0. The molecule has 1 aromatic rings. The van der Waals surface area contributed by atoms with Crippen molar-refractivity contribution in [2.75, 3.05) is 20.4 Å². The fourth-order valence-electron chi connectivity index (χ4n) is 1.48. The number of methoxy groups -OCH3 is 2. The van der Waals surface area contributed by atoms with Crippen molar-refractivity contribution in [1.82, 2.24) is 0 Å². The molecule has 0 radical (unpaired) electrons. The molecule has 3 nitrogen and oxygen atoms in total. The Kier molecular flexibility index (Phi) is 8.35. The first-order valence-electron chi connectivity index (χ1n) is 4.84. The molecular weight excluding hydrogens is 289 g/mol. The maximum atomic E-state index is 12.0. The Labute approximate surface area is 131 Å². The first-order chi connectivity index (χ1) is 8.06. The molecule has 0 aliphatic rings. The third-order valence-electron chi connectivity index (χ3n) is 2.18. The largest absolute Gasteiger partial charge is 1.00 e. The minimum atomic E-state index is -0.141. The van der Waals surface area contributed by atoms with Gasteiger partial charge in [0, 0.05) is 0 Å². The zero-order valence-electron chi connectivity index (χ0n) is 10.5. The van der Waals surface area contributed by atoms with Gasteiger partial charge in [0.1, 0.15) is 5.56 Å². The van der Waals surface area contributed by atoms with Crippen molar-refractivity contribution in [3.8, 4) is 11.5 Å². The second-order valence-electron chi connectivity index (χ2n) is 3.20. The number of halogens is 2. The number of benzene rings is 1. The monoisotopic (exact) mass is 300 g/mol. The fraction of sp³-hybridized carbons (Fsp3) is 0.364. The van der Waals surface area contributed by atoms with Crippen LogP contribution in [-0.4, -0.2) is 26.2 Å². The summed E-state index contributed by atoms with van der Waals surface area (Å²) in [6, 6.07) is 1.49. The van der Waals surface area contributed by atoms with Gasteiger partial charge in [0.05, 0.1) is 24.3 Å². The number of rotatable bonds is 5. The van der Waals surface area contributed by atoms with Crippen molar-refractivity contribution >= 4 is 38.2 Å². The number of ether oxygens (including phenoxy) is 2. The van der Waals surface area contributed by atoms with Crippen LogP contribution in [0, 0.1) is 0 Å². The molecule has 7 heteroatoms. The summed E-state index contributed by atoms with van der Waals surface area (Å²) in [6.07, 6.45) is 0.843. The number of ketones is 1. The van der Waals surface area contributed by atoms with Gasteiger partial charge in [-0.05, 0) is 12.5 Å². The van der Waals surface area contributed by atoms with E-state index in [1.165, 1.54) is 20.3 Å². The third kappa shape index (κ3) is 3.79. The van der Waals surface area contributed by atoms with Crippen LogP contribution in [0.1, 0.15) is 16.8 Å². The molecule has 0 saturated carbocycles. The predicted molar refractivity (Wildman–Crippen MR) is 71.7 cm³/mol. The predicted octanol–water partition coefficient (Wildman–Crippen LogP) is 0.730. The fourth-order valence-corrected chi connectivity index (χ4v) is 2.32. The molecule has 94 valence electrons. The Hall–Kier alpha value is 0.0974. The summed E-state index contributed by atoms with van der Waals surface area (Å²) in [5, 5.41) is 0.575. The summed E-state index contributed by atoms with van der Waals surface area (Å²) in [5.74, 6) is 0.439. The molecule has 0 bridgehead atoms. The normalized spacial score (nSPS) is 9.61. The minimum Gasteiger partial charge on any atom is -0.558 e. The average molecular weight is 301 g/mol. The van der Waals surface area contributed by atoms with Crippen molar-refractivity contribution < 1.29 is 33.1 Å². The van der Waals surface area contributed by atoms with Crippen molar-refractivity contribution in [1.29, 1.82) is 0 Å². The maximum absolute atomic E-state index is 12.0. The summed E-state index contributed by atoms with van der Waals surface area (Å²) in [4.78, 5) is 12.0. The number of Topliss-reactive ketones (excluding diaryl/α,β-unsaturated/α-hetero) is 1. The van der Waals surface area contributed by atoms with E-state index in [1.54, 1.807) is 0 Å². The van der Waals surface area contributed by atoms with E-state index in [1.807, 2.05) is 0 Å². The van der Waals surface area contributed by atoms with Gasteiger partial charge < -0.3 is 18.7 Å². The van der Waals surface area contributed by atoms with Crippen LogP contribution in [0.4, 0.5) is 0 Å². The van der Waals surface area contributed by atoms with Gasteiger partial charge in [0.2, 0.25) is 0 Å². The van der Waals surface area contributed by atoms with E-state index in [2.05, 4.69) is 9.24 Å². The molecule has 0 unspecified atom stereocenters. The second-order valence-corrected chi connectivity index (χ2v) is 4.52. The summed E-state index contributed by atoms with van der Waals surface area (Å²) >= 11 is 12.0. The first kappa shape index (κ1) is 18.1. The van der Waals surface area contributed by atoms with Crippen LogP contribution in [-0.2, 0) is 0 Å². The topological polar surface area (TPSA) is 35.5 Å². The van der Waals surface area contributed by atoms with E-state index >= 15 is 0 Å². The van der Waals surface area contributed by atoms with Crippen molar-refractivity contribution in [3.63, 3.8) is 0 Å². The van der Waals surface area contributed by atoms with Crippen LogP contribution in [0.15, 0.2) is 6.07 Å². The Morgan fingerprint density at radius 3 is 2.00 bits per heavy atom. The van der Waals surface area contributed by atoms with Crippen LogP contribution in [0.25, 0.3) is 0 Å². The Balaban J connectivity index is 0.00000289. The molecule has 0 spiro atoms. The molecule has 0 heterocycles. The molecule has 0 aromatic heterocycles. The van der Waals surface area contributed by atoms with Gasteiger partial charge in [-0.25, -0.2) is 0 Å². The summed E-state index contributed by atoms with van der Waals surface area (Å²) in [5.41, 5.74) is 0.283. The minimum absolute atomic E-state index is 0. The molecule has 18 heavy (non-hydrogen) atoms.